The fraction of sp³-hybridized carbons (Fsp3) is 0.174. The van der Waals surface area contributed by atoms with E-state index in [2.05, 4.69) is 0 Å². The molecule has 3 nitrogen and oxygen atoms in total. The van der Waals surface area contributed by atoms with Gasteiger partial charge in [-0.3, -0.25) is 0 Å². The first kappa shape index (κ1) is 18.8. The smallest absolute Gasteiger partial charge is 0.335 e. The fourth-order valence-electron chi connectivity index (χ4n) is 2.75. The molecule has 1 atom stereocenters. The van der Waals surface area contributed by atoms with E-state index in [1.807, 2.05) is 54.6 Å². The zero-order chi connectivity index (χ0) is 19.1. The van der Waals surface area contributed by atoms with Crippen LogP contribution in [0.3, 0.4) is 0 Å². The van der Waals surface area contributed by atoms with Crippen LogP contribution >= 0.6 is 0 Å². The Morgan fingerprint density at radius 1 is 0.852 bits per heavy atom. The van der Waals surface area contributed by atoms with Gasteiger partial charge in [0.05, 0.1) is 0 Å². The summed E-state index contributed by atoms with van der Waals surface area (Å²) in [4.78, 5) is 11.9. The third-order valence-corrected chi connectivity index (χ3v) is 4.33. The number of benzene rings is 3. The lowest BCUT2D eigenvalue weighted by Crippen LogP contribution is -2.23. The van der Waals surface area contributed by atoms with Gasteiger partial charge in [0.25, 0.3) is 0 Å². The lowest BCUT2D eigenvalue weighted by molar-refractivity contribution is -0.155. The van der Waals surface area contributed by atoms with Crippen LogP contribution in [0.4, 0.5) is 4.39 Å². The molecule has 0 aliphatic heterocycles. The van der Waals surface area contributed by atoms with Crippen molar-refractivity contribution in [3.63, 3.8) is 0 Å². The van der Waals surface area contributed by atoms with Crippen LogP contribution in [-0.2, 0) is 22.6 Å². The van der Waals surface area contributed by atoms with Gasteiger partial charge in [-0.2, -0.15) is 0 Å². The van der Waals surface area contributed by atoms with Crippen molar-refractivity contribution in [3.8, 4) is 11.1 Å². The van der Waals surface area contributed by atoms with Gasteiger partial charge in [0.15, 0.2) is 6.10 Å². The number of carbonyl (C=O) groups excluding carboxylic acids is 1. The first-order chi connectivity index (χ1) is 13.1. The molecule has 0 aliphatic rings. The number of aliphatic hydroxyl groups is 1. The molecule has 0 saturated heterocycles. The molecule has 0 bridgehead atoms. The number of hydrogen-bond acceptors (Lipinski definition) is 3. The minimum absolute atomic E-state index is 0.156. The highest BCUT2D eigenvalue weighted by Crippen LogP contribution is 2.20. The van der Waals surface area contributed by atoms with Gasteiger partial charge < -0.3 is 9.84 Å². The molecule has 0 spiro atoms. The second-order valence-corrected chi connectivity index (χ2v) is 6.35. The quantitative estimate of drug-likeness (QED) is 0.627. The van der Waals surface area contributed by atoms with E-state index in [9.17, 15) is 14.3 Å². The molecule has 1 N–H and O–H groups in total. The molecule has 3 rings (SSSR count). The van der Waals surface area contributed by atoms with Crippen LogP contribution < -0.4 is 0 Å². The van der Waals surface area contributed by atoms with Gasteiger partial charge in [0, 0.05) is 0 Å². The van der Waals surface area contributed by atoms with Crippen molar-refractivity contribution in [2.75, 3.05) is 0 Å². The highest BCUT2D eigenvalue weighted by molar-refractivity contribution is 5.74. The molecule has 0 unspecified atom stereocenters. The average molecular weight is 364 g/mol. The zero-order valence-corrected chi connectivity index (χ0v) is 14.8. The second-order valence-electron chi connectivity index (χ2n) is 6.35. The Hall–Kier alpha value is -2.98. The summed E-state index contributed by atoms with van der Waals surface area (Å²) in [7, 11) is 0. The van der Waals surface area contributed by atoms with Gasteiger partial charge >= 0.3 is 5.97 Å². The topological polar surface area (TPSA) is 46.5 Å². The lowest BCUT2D eigenvalue weighted by Gasteiger charge is -2.11. The lowest BCUT2D eigenvalue weighted by atomic mass is 10.0. The largest absolute Gasteiger partial charge is 0.459 e. The minimum atomic E-state index is -1.15. The van der Waals surface area contributed by atoms with E-state index in [1.54, 1.807) is 12.1 Å². The molecule has 0 aromatic heterocycles. The summed E-state index contributed by atoms with van der Waals surface area (Å²) in [6, 6.07) is 23.5. The Labute approximate surface area is 158 Å². The Morgan fingerprint density at radius 2 is 1.44 bits per heavy atom. The van der Waals surface area contributed by atoms with E-state index in [4.69, 9.17) is 4.74 Å². The predicted molar refractivity (Wildman–Crippen MR) is 102 cm³/mol. The number of aryl methyl sites for hydroxylation is 1. The first-order valence-electron chi connectivity index (χ1n) is 8.85. The van der Waals surface area contributed by atoms with Gasteiger partial charge in [-0.05, 0) is 47.2 Å². The van der Waals surface area contributed by atoms with Gasteiger partial charge in [0.1, 0.15) is 12.4 Å². The van der Waals surface area contributed by atoms with Gasteiger partial charge in [-0.25, -0.2) is 9.18 Å². The molecule has 4 heteroatoms. The maximum Gasteiger partial charge on any atom is 0.335 e. The van der Waals surface area contributed by atoms with Crippen molar-refractivity contribution in [1.82, 2.24) is 0 Å². The van der Waals surface area contributed by atoms with Crippen molar-refractivity contribution < 1.29 is 19.0 Å². The third-order valence-electron chi connectivity index (χ3n) is 4.33. The van der Waals surface area contributed by atoms with Crippen LogP contribution in [0.25, 0.3) is 11.1 Å². The third kappa shape index (κ3) is 5.50. The maximum atomic E-state index is 13.0. The summed E-state index contributed by atoms with van der Waals surface area (Å²) >= 11 is 0. The number of esters is 1. The molecule has 27 heavy (non-hydrogen) atoms. The van der Waals surface area contributed by atoms with Gasteiger partial charge in [-0.1, -0.05) is 66.7 Å². The first-order valence-corrected chi connectivity index (χ1v) is 8.85. The molecule has 0 fully saturated rings. The molecular formula is C23H21FO3. The predicted octanol–water partition coefficient (Wildman–Crippen LogP) is 4.53. The Kier molecular flexibility index (Phi) is 6.34. The van der Waals surface area contributed by atoms with E-state index in [0.717, 1.165) is 22.3 Å². The molecule has 0 saturated carbocycles. The molecule has 0 heterocycles. The van der Waals surface area contributed by atoms with Crippen LogP contribution in [0.5, 0.6) is 0 Å². The molecular weight excluding hydrogens is 343 g/mol. The molecule has 0 radical (unpaired) electrons. The van der Waals surface area contributed by atoms with Gasteiger partial charge in [0.2, 0.25) is 0 Å². The molecule has 138 valence electrons. The van der Waals surface area contributed by atoms with Crippen molar-refractivity contribution in [2.45, 2.75) is 25.6 Å². The monoisotopic (exact) mass is 364 g/mol. The molecule has 0 amide bonds. The van der Waals surface area contributed by atoms with Crippen LogP contribution in [0.15, 0.2) is 78.9 Å². The normalized spacial score (nSPS) is 11.8. The molecule has 3 aromatic carbocycles. The summed E-state index contributed by atoms with van der Waals surface area (Å²) < 4.78 is 18.1. The second kappa shape index (κ2) is 9.10. The summed E-state index contributed by atoms with van der Waals surface area (Å²) in [5.41, 5.74) is 3.82. The highest BCUT2D eigenvalue weighted by atomic mass is 19.1. The van der Waals surface area contributed by atoms with Crippen LogP contribution in [0.1, 0.15) is 17.5 Å². The Bertz CT molecular complexity index is 858. The number of ether oxygens (including phenoxy) is 1. The average Bonchev–Trinajstić information content (AvgIpc) is 2.72. The van der Waals surface area contributed by atoms with Crippen molar-refractivity contribution in [2.24, 2.45) is 0 Å². The van der Waals surface area contributed by atoms with Crippen LogP contribution in [-0.4, -0.2) is 17.2 Å². The van der Waals surface area contributed by atoms with Crippen molar-refractivity contribution in [1.29, 1.82) is 0 Å². The van der Waals surface area contributed by atoms with Gasteiger partial charge in [-0.15, -0.1) is 0 Å². The number of rotatable bonds is 7. The number of halogens is 1. The Morgan fingerprint density at radius 3 is 2.07 bits per heavy atom. The zero-order valence-electron chi connectivity index (χ0n) is 14.8. The molecule has 0 aliphatic carbocycles. The standard InChI is InChI=1S/C23H21FO3/c24-21-13-11-20(12-14-21)19-9-6-17(7-10-19)8-15-22(25)23(26)27-16-18-4-2-1-3-5-18/h1-7,9-14,22,25H,8,15-16H2/t22-/m1/s1. The van der Waals surface area contributed by atoms with Crippen LogP contribution in [0.2, 0.25) is 0 Å². The summed E-state index contributed by atoms with van der Waals surface area (Å²) in [6.45, 7) is 0.156. The number of carbonyl (C=O) groups is 1. The minimum Gasteiger partial charge on any atom is -0.459 e. The fourth-order valence-corrected chi connectivity index (χ4v) is 2.75. The van der Waals surface area contributed by atoms with Crippen molar-refractivity contribution >= 4 is 5.97 Å². The van der Waals surface area contributed by atoms with Crippen molar-refractivity contribution in [3.05, 3.63) is 95.8 Å². The summed E-state index contributed by atoms with van der Waals surface area (Å²) in [5, 5.41) is 10.0. The number of aliphatic hydroxyl groups excluding tert-OH is 1. The Balaban J connectivity index is 1.48. The SMILES string of the molecule is O=C(OCc1ccccc1)[C@H](O)CCc1ccc(-c2ccc(F)cc2)cc1. The van der Waals surface area contributed by atoms with E-state index in [1.165, 1.54) is 12.1 Å². The van der Waals surface area contributed by atoms with E-state index < -0.39 is 12.1 Å². The van der Waals surface area contributed by atoms with E-state index >= 15 is 0 Å². The van der Waals surface area contributed by atoms with Crippen LogP contribution in [0, 0.1) is 5.82 Å². The molecule has 3 aromatic rings. The highest BCUT2D eigenvalue weighted by Gasteiger charge is 2.16. The summed E-state index contributed by atoms with van der Waals surface area (Å²) in [6.07, 6.45) is -0.292. The number of hydrogen-bond donors (Lipinski definition) is 1. The maximum absolute atomic E-state index is 13.0. The summed E-state index contributed by atoms with van der Waals surface area (Å²) in [5.74, 6) is -0.870. The van der Waals surface area contributed by atoms with E-state index in [0.29, 0.717) is 12.8 Å². The van der Waals surface area contributed by atoms with E-state index in [-0.39, 0.29) is 12.4 Å².